The van der Waals surface area contributed by atoms with Crippen LogP contribution in [0.2, 0.25) is 0 Å². The van der Waals surface area contributed by atoms with E-state index in [0.717, 1.165) is 12.8 Å². The molecule has 4 atom stereocenters. The monoisotopic (exact) mass is 428 g/mol. The maximum Gasteiger partial charge on any atom is 0.114 e. The molecule has 178 valence electrons. The fraction of sp³-hybridized carbons (Fsp3) is 0.920. The molecule has 1 aliphatic rings. The SMILES string of the molecule is CCCCCCCCCC/C=C/CCCCCCCOC[C@H](O)[C@H]1OC[C@@H](O)[C@H]1O. The summed E-state index contributed by atoms with van der Waals surface area (Å²) in [6, 6.07) is 0. The third-order valence-electron chi connectivity index (χ3n) is 5.91. The minimum absolute atomic E-state index is 0.0667. The molecule has 0 aromatic rings. The van der Waals surface area contributed by atoms with Crippen LogP contribution in [0.5, 0.6) is 0 Å². The van der Waals surface area contributed by atoms with Crippen molar-refractivity contribution in [1.29, 1.82) is 0 Å². The fourth-order valence-corrected chi connectivity index (χ4v) is 3.89. The second kappa shape index (κ2) is 19.2. The summed E-state index contributed by atoms with van der Waals surface area (Å²) in [6.45, 7) is 3.09. The van der Waals surface area contributed by atoms with Gasteiger partial charge in [-0.2, -0.15) is 0 Å². The van der Waals surface area contributed by atoms with E-state index < -0.39 is 24.4 Å². The molecular formula is C25H48O5. The minimum Gasteiger partial charge on any atom is -0.388 e. The van der Waals surface area contributed by atoms with Crippen LogP contribution in [0, 0.1) is 0 Å². The number of allylic oxidation sites excluding steroid dienone is 2. The number of unbranched alkanes of at least 4 members (excludes halogenated alkanes) is 13. The molecule has 0 aromatic heterocycles. The van der Waals surface area contributed by atoms with Gasteiger partial charge in [0.05, 0.1) is 13.2 Å². The first-order valence-electron chi connectivity index (χ1n) is 12.5. The van der Waals surface area contributed by atoms with Crippen LogP contribution in [0.4, 0.5) is 0 Å². The molecule has 1 fully saturated rings. The Balaban J connectivity index is 1.78. The molecule has 0 unspecified atom stereocenters. The third-order valence-corrected chi connectivity index (χ3v) is 5.91. The number of hydrogen-bond donors (Lipinski definition) is 3. The topological polar surface area (TPSA) is 79.2 Å². The van der Waals surface area contributed by atoms with E-state index in [1.807, 2.05) is 0 Å². The van der Waals surface area contributed by atoms with Gasteiger partial charge in [-0.1, -0.05) is 83.3 Å². The fourth-order valence-electron chi connectivity index (χ4n) is 3.89. The van der Waals surface area contributed by atoms with Crippen LogP contribution in [0.25, 0.3) is 0 Å². The first-order valence-corrected chi connectivity index (χ1v) is 12.5. The van der Waals surface area contributed by atoms with Crippen molar-refractivity contribution in [1.82, 2.24) is 0 Å². The Morgan fingerprint density at radius 3 is 1.90 bits per heavy atom. The quantitative estimate of drug-likeness (QED) is 0.190. The molecule has 0 spiro atoms. The number of aliphatic hydroxyl groups excluding tert-OH is 3. The van der Waals surface area contributed by atoms with Crippen LogP contribution >= 0.6 is 0 Å². The van der Waals surface area contributed by atoms with Crippen molar-refractivity contribution in [2.45, 2.75) is 128 Å². The highest BCUT2D eigenvalue weighted by atomic mass is 16.5. The summed E-state index contributed by atoms with van der Waals surface area (Å²) in [7, 11) is 0. The molecule has 30 heavy (non-hydrogen) atoms. The zero-order chi connectivity index (χ0) is 21.9. The molecule has 5 heteroatoms. The van der Waals surface area contributed by atoms with E-state index in [1.54, 1.807) is 0 Å². The molecule has 0 aliphatic carbocycles. The van der Waals surface area contributed by atoms with Gasteiger partial charge in [0, 0.05) is 6.61 Å². The number of aliphatic hydroxyl groups is 3. The summed E-state index contributed by atoms with van der Waals surface area (Å²) in [5, 5.41) is 29.1. The number of hydrogen-bond acceptors (Lipinski definition) is 5. The van der Waals surface area contributed by atoms with Crippen LogP contribution in [0.15, 0.2) is 12.2 Å². The van der Waals surface area contributed by atoms with Crippen molar-refractivity contribution in [2.75, 3.05) is 19.8 Å². The van der Waals surface area contributed by atoms with Gasteiger partial charge >= 0.3 is 0 Å². The Morgan fingerprint density at radius 1 is 0.833 bits per heavy atom. The maximum atomic E-state index is 9.95. The Morgan fingerprint density at radius 2 is 1.37 bits per heavy atom. The Kier molecular flexibility index (Phi) is 17.7. The van der Waals surface area contributed by atoms with Gasteiger partial charge < -0.3 is 24.8 Å². The van der Waals surface area contributed by atoms with Crippen LogP contribution < -0.4 is 0 Å². The van der Waals surface area contributed by atoms with Gasteiger partial charge in [-0.05, 0) is 32.1 Å². The predicted octanol–water partition coefficient (Wildman–Crippen LogP) is 4.91. The Labute approximate surface area is 184 Å². The second-order valence-corrected chi connectivity index (χ2v) is 8.79. The van der Waals surface area contributed by atoms with Crippen LogP contribution in [-0.2, 0) is 9.47 Å². The van der Waals surface area contributed by atoms with E-state index in [1.165, 1.54) is 83.5 Å². The summed E-state index contributed by atoms with van der Waals surface area (Å²) >= 11 is 0. The number of ether oxygens (including phenoxy) is 2. The summed E-state index contributed by atoms with van der Waals surface area (Å²) < 4.78 is 10.7. The average Bonchev–Trinajstić information content (AvgIpc) is 3.08. The third kappa shape index (κ3) is 13.8. The molecular weight excluding hydrogens is 380 g/mol. The van der Waals surface area contributed by atoms with E-state index in [-0.39, 0.29) is 13.2 Å². The van der Waals surface area contributed by atoms with E-state index in [4.69, 9.17) is 9.47 Å². The standard InChI is InChI=1S/C25H48O5/c1-2-3-4-5-6-7-8-9-10-11-12-13-14-15-16-17-18-19-29-20-23(27)25-24(28)22(26)21-30-25/h11-12,22-28H,2-10,13-21H2,1H3/b12-11+/t22-,23+,24-,25-/m1/s1. The molecule has 1 aliphatic heterocycles. The lowest BCUT2D eigenvalue weighted by Gasteiger charge is -2.20. The lowest BCUT2D eigenvalue weighted by Crippen LogP contribution is -2.40. The lowest BCUT2D eigenvalue weighted by molar-refractivity contribution is -0.0813. The molecule has 1 heterocycles. The minimum atomic E-state index is -1.03. The molecule has 0 amide bonds. The van der Waals surface area contributed by atoms with Gasteiger partial charge in [-0.15, -0.1) is 0 Å². The summed E-state index contributed by atoms with van der Waals surface area (Å²) in [5.74, 6) is 0. The highest BCUT2D eigenvalue weighted by Crippen LogP contribution is 2.18. The van der Waals surface area contributed by atoms with E-state index in [9.17, 15) is 15.3 Å². The van der Waals surface area contributed by atoms with Crippen molar-refractivity contribution in [3.63, 3.8) is 0 Å². The first kappa shape index (κ1) is 27.6. The lowest BCUT2D eigenvalue weighted by atomic mass is 10.1. The zero-order valence-corrected chi connectivity index (χ0v) is 19.4. The van der Waals surface area contributed by atoms with Crippen molar-refractivity contribution in [2.24, 2.45) is 0 Å². The second-order valence-electron chi connectivity index (χ2n) is 8.79. The van der Waals surface area contributed by atoms with Crippen molar-refractivity contribution in [3.8, 4) is 0 Å². The van der Waals surface area contributed by atoms with Crippen LogP contribution in [-0.4, -0.2) is 59.6 Å². The van der Waals surface area contributed by atoms with E-state index >= 15 is 0 Å². The summed E-state index contributed by atoms with van der Waals surface area (Å²) in [5.41, 5.74) is 0. The van der Waals surface area contributed by atoms with Gasteiger partial charge in [0.2, 0.25) is 0 Å². The molecule has 0 saturated carbocycles. The first-order chi connectivity index (χ1) is 14.7. The van der Waals surface area contributed by atoms with Gasteiger partial charge in [0.25, 0.3) is 0 Å². The number of rotatable bonds is 20. The normalized spacial score (nSPS) is 22.9. The zero-order valence-electron chi connectivity index (χ0n) is 19.4. The highest BCUT2D eigenvalue weighted by Gasteiger charge is 2.39. The molecule has 5 nitrogen and oxygen atoms in total. The molecule has 1 saturated heterocycles. The highest BCUT2D eigenvalue weighted by molar-refractivity contribution is 4.87. The largest absolute Gasteiger partial charge is 0.388 e. The molecule has 0 radical (unpaired) electrons. The Bertz CT molecular complexity index is 401. The van der Waals surface area contributed by atoms with Crippen molar-refractivity contribution in [3.05, 3.63) is 12.2 Å². The molecule has 0 bridgehead atoms. The average molecular weight is 429 g/mol. The van der Waals surface area contributed by atoms with Crippen LogP contribution in [0.1, 0.15) is 103 Å². The summed E-state index contributed by atoms with van der Waals surface area (Å²) in [4.78, 5) is 0. The van der Waals surface area contributed by atoms with E-state index in [0.29, 0.717) is 6.61 Å². The van der Waals surface area contributed by atoms with E-state index in [2.05, 4.69) is 19.1 Å². The molecule has 0 aromatic carbocycles. The predicted molar refractivity (Wildman–Crippen MR) is 123 cm³/mol. The smallest absolute Gasteiger partial charge is 0.114 e. The summed E-state index contributed by atoms with van der Waals surface area (Å²) in [6.07, 6.45) is 20.5. The molecule has 3 N–H and O–H groups in total. The van der Waals surface area contributed by atoms with Gasteiger partial charge in [-0.3, -0.25) is 0 Å². The van der Waals surface area contributed by atoms with Crippen molar-refractivity contribution >= 4 is 0 Å². The van der Waals surface area contributed by atoms with Gasteiger partial charge in [-0.25, -0.2) is 0 Å². The molecule has 1 rings (SSSR count). The van der Waals surface area contributed by atoms with Crippen molar-refractivity contribution < 1.29 is 24.8 Å². The van der Waals surface area contributed by atoms with Gasteiger partial charge in [0.1, 0.15) is 24.4 Å². The van der Waals surface area contributed by atoms with Crippen LogP contribution in [0.3, 0.4) is 0 Å². The van der Waals surface area contributed by atoms with Gasteiger partial charge in [0.15, 0.2) is 0 Å². The maximum absolute atomic E-state index is 9.95. The Hall–Kier alpha value is -0.460.